The van der Waals surface area contributed by atoms with Crippen LogP contribution in [0.2, 0.25) is 5.02 Å². The molecular weight excluding hydrogens is 314 g/mol. The summed E-state index contributed by atoms with van der Waals surface area (Å²) in [6, 6.07) is 1.62. The van der Waals surface area contributed by atoms with Crippen molar-refractivity contribution in [2.75, 3.05) is 25.9 Å². The molecule has 6 nitrogen and oxygen atoms in total. The molecule has 0 spiro atoms. The van der Waals surface area contributed by atoms with Crippen LogP contribution >= 0.6 is 11.6 Å². The van der Waals surface area contributed by atoms with Gasteiger partial charge in [0.15, 0.2) is 0 Å². The highest BCUT2D eigenvalue weighted by atomic mass is 35.5. The molecule has 1 amide bonds. The summed E-state index contributed by atoms with van der Waals surface area (Å²) < 4.78 is 24.2. The van der Waals surface area contributed by atoms with Crippen molar-refractivity contribution in [3.05, 3.63) is 28.5 Å². The lowest BCUT2D eigenvalue weighted by Crippen LogP contribution is -2.33. The van der Waals surface area contributed by atoms with Crippen LogP contribution in [0.1, 0.15) is 29.4 Å². The standard InChI is InChI=1S/C13H20ClN3O3S/c1-4-17(21(3,19)20)7-5-6-15-13(18)11-9-16-10(2)8-12(11)14/h8-9H,4-7H2,1-3H3,(H,15,18). The summed E-state index contributed by atoms with van der Waals surface area (Å²) in [5, 5.41) is 3.06. The lowest BCUT2D eigenvalue weighted by Gasteiger charge is -2.17. The zero-order valence-electron chi connectivity index (χ0n) is 12.4. The van der Waals surface area contributed by atoms with Gasteiger partial charge in [-0.2, -0.15) is 0 Å². The molecule has 1 rings (SSSR count). The monoisotopic (exact) mass is 333 g/mol. The second kappa shape index (κ2) is 7.72. The van der Waals surface area contributed by atoms with Crippen LogP contribution in [0.4, 0.5) is 0 Å². The zero-order chi connectivity index (χ0) is 16.0. The Bertz CT molecular complexity index is 605. The highest BCUT2D eigenvalue weighted by molar-refractivity contribution is 7.88. The third-order valence-corrected chi connectivity index (χ3v) is 4.62. The van der Waals surface area contributed by atoms with Crippen molar-refractivity contribution in [2.45, 2.75) is 20.3 Å². The van der Waals surface area contributed by atoms with Gasteiger partial charge in [0.05, 0.1) is 16.8 Å². The number of pyridine rings is 1. The lowest BCUT2D eigenvalue weighted by molar-refractivity contribution is 0.0952. The number of aromatic nitrogens is 1. The van der Waals surface area contributed by atoms with E-state index in [9.17, 15) is 13.2 Å². The zero-order valence-corrected chi connectivity index (χ0v) is 14.0. The van der Waals surface area contributed by atoms with Gasteiger partial charge in [-0.15, -0.1) is 0 Å². The van der Waals surface area contributed by atoms with E-state index in [1.165, 1.54) is 16.8 Å². The molecule has 0 aromatic carbocycles. The predicted molar refractivity (Wildman–Crippen MR) is 83.0 cm³/mol. The SMILES string of the molecule is CCN(CCCNC(=O)c1cnc(C)cc1Cl)S(C)(=O)=O. The molecule has 118 valence electrons. The Balaban J connectivity index is 2.47. The Morgan fingerprint density at radius 1 is 1.48 bits per heavy atom. The summed E-state index contributed by atoms with van der Waals surface area (Å²) in [6.07, 6.45) is 3.14. The Morgan fingerprint density at radius 2 is 2.14 bits per heavy atom. The molecule has 0 fully saturated rings. The van der Waals surface area contributed by atoms with Crippen molar-refractivity contribution < 1.29 is 13.2 Å². The van der Waals surface area contributed by atoms with Gasteiger partial charge in [0, 0.05) is 31.5 Å². The van der Waals surface area contributed by atoms with Crippen LogP contribution in [-0.4, -0.2) is 49.5 Å². The molecule has 0 unspecified atom stereocenters. The summed E-state index contributed by atoms with van der Waals surface area (Å²) in [6.45, 7) is 4.72. The summed E-state index contributed by atoms with van der Waals surface area (Å²) in [5.74, 6) is -0.310. The van der Waals surface area contributed by atoms with Gasteiger partial charge in [0.2, 0.25) is 10.0 Å². The number of amides is 1. The van der Waals surface area contributed by atoms with Gasteiger partial charge < -0.3 is 5.32 Å². The first kappa shape index (κ1) is 17.9. The van der Waals surface area contributed by atoms with E-state index in [-0.39, 0.29) is 5.91 Å². The first-order valence-corrected chi connectivity index (χ1v) is 8.83. The molecular formula is C13H20ClN3O3S. The Labute approximate surface area is 130 Å². The minimum absolute atomic E-state index is 0.310. The molecule has 1 aromatic rings. The Hall–Kier alpha value is -1.18. The fourth-order valence-electron chi connectivity index (χ4n) is 1.80. The fourth-order valence-corrected chi connectivity index (χ4v) is 3.03. The maximum absolute atomic E-state index is 11.9. The van der Waals surface area contributed by atoms with Crippen LogP contribution in [0.15, 0.2) is 12.3 Å². The molecule has 0 atom stereocenters. The minimum Gasteiger partial charge on any atom is -0.352 e. The largest absolute Gasteiger partial charge is 0.352 e. The number of aryl methyl sites for hydroxylation is 1. The maximum Gasteiger partial charge on any atom is 0.254 e. The second-order valence-electron chi connectivity index (χ2n) is 4.67. The first-order chi connectivity index (χ1) is 9.75. The summed E-state index contributed by atoms with van der Waals surface area (Å²) >= 11 is 5.98. The smallest absolute Gasteiger partial charge is 0.254 e. The Kier molecular flexibility index (Phi) is 6.57. The fraction of sp³-hybridized carbons (Fsp3) is 0.538. The molecule has 0 saturated heterocycles. The molecule has 1 heterocycles. The van der Waals surface area contributed by atoms with E-state index in [2.05, 4.69) is 10.3 Å². The minimum atomic E-state index is -3.19. The summed E-state index contributed by atoms with van der Waals surface area (Å²) in [7, 11) is -3.19. The predicted octanol–water partition coefficient (Wildman–Crippen LogP) is 1.44. The van der Waals surface area contributed by atoms with Crippen LogP contribution < -0.4 is 5.32 Å². The third-order valence-electron chi connectivity index (χ3n) is 2.93. The highest BCUT2D eigenvalue weighted by Gasteiger charge is 2.14. The van der Waals surface area contributed by atoms with Crippen molar-refractivity contribution in [2.24, 2.45) is 0 Å². The van der Waals surface area contributed by atoms with E-state index >= 15 is 0 Å². The number of hydrogen-bond acceptors (Lipinski definition) is 4. The normalized spacial score (nSPS) is 11.7. The van der Waals surface area contributed by atoms with Crippen molar-refractivity contribution >= 4 is 27.5 Å². The van der Waals surface area contributed by atoms with Crippen LogP contribution in [0.5, 0.6) is 0 Å². The van der Waals surface area contributed by atoms with E-state index in [1.807, 2.05) is 0 Å². The lowest BCUT2D eigenvalue weighted by atomic mass is 10.2. The third kappa shape index (κ3) is 5.61. The van der Waals surface area contributed by atoms with Crippen molar-refractivity contribution in [1.29, 1.82) is 0 Å². The summed E-state index contributed by atoms with van der Waals surface area (Å²) in [4.78, 5) is 16.0. The molecule has 1 aromatic heterocycles. The molecule has 0 aliphatic rings. The number of carbonyl (C=O) groups excluding carboxylic acids is 1. The van der Waals surface area contributed by atoms with Gasteiger partial charge in [-0.05, 0) is 19.4 Å². The maximum atomic E-state index is 11.9. The van der Waals surface area contributed by atoms with E-state index in [0.29, 0.717) is 36.6 Å². The van der Waals surface area contributed by atoms with Gasteiger partial charge in [0.1, 0.15) is 0 Å². The molecule has 8 heteroatoms. The van der Waals surface area contributed by atoms with Crippen LogP contribution in [0.25, 0.3) is 0 Å². The van der Waals surface area contributed by atoms with E-state index in [1.54, 1.807) is 19.9 Å². The number of nitrogens with zero attached hydrogens (tertiary/aromatic N) is 2. The average Bonchev–Trinajstić information content (AvgIpc) is 2.36. The number of nitrogens with one attached hydrogen (secondary N) is 1. The second-order valence-corrected chi connectivity index (χ2v) is 7.06. The van der Waals surface area contributed by atoms with E-state index < -0.39 is 10.0 Å². The van der Waals surface area contributed by atoms with Gasteiger partial charge in [-0.3, -0.25) is 9.78 Å². The first-order valence-electron chi connectivity index (χ1n) is 6.61. The number of hydrogen-bond donors (Lipinski definition) is 1. The van der Waals surface area contributed by atoms with Gasteiger partial charge in [-0.1, -0.05) is 18.5 Å². The molecule has 0 saturated carbocycles. The van der Waals surface area contributed by atoms with Crippen molar-refractivity contribution in [3.63, 3.8) is 0 Å². The van der Waals surface area contributed by atoms with Crippen LogP contribution in [-0.2, 0) is 10.0 Å². The molecule has 0 aliphatic carbocycles. The topological polar surface area (TPSA) is 79.4 Å². The van der Waals surface area contributed by atoms with Crippen molar-refractivity contribution in [3.8, 4) is 0 Å². The van der Waals surface area contributed by atoms with Gasteiger partial charge in [-0.25, -0.2) is 12.7 Å². The number of carbonyl (C=O) groups is 1. The Morgan fingerprint density at radius 3 is 2.67 bits per heavy atom. The van der Waals surface area contributed by atoms with Crippen LogP contribution in [0, 0.1) is 6.92 Å². The van der Waals surface area contributed by atoms with E-state index in [4.69, 9.17) is 11.6 Å². The summed E-state index contributed by atoms with van der Waals surface area (Å²) in [5.41, 5.74) is 1.06. The van der Waals surface area contributed by atoms with Gasteiger partial charge in [0.25, 0.3) is 5.91 Å². The molecule has 21 heavy (non-hydrogen) atoms. The number of halogens is 1. The molecule has 0 aliphatic heterocycles. The molecule has 0 radical (unpaired) electrons. The molecule has 1 N–H and O–H groups in total. The van der Waals surface area contributed by atoms with Gasteiger partial charge >= 0.3 is 0 Å². The van der Waals surface area contributed by atoms with E-state index in [0.717, 1.165) is 5.69 Å². The van der Waals surface area contributed by atoms with Crippen LogP contribution in [0.3, 0.4) is 0 Å². The highest BCUT2D eigenvalue weighted by Crippen LogP contribution is 2.15. The van der Waals surface area contributed by atoms with Crippen molar-refractivity contribution in [1.82, 2.24) is 14.6 Å². The number of rotatable bonds is 7. The molecule has 0 bridgehead atoms. The quantitative estimate of drug-likeness (QED) is 0.766. The number of sulfonamides is 1. The average molecular weight is 334 g/mol.